The SMILES string of the molecule is O=C(CCC(=O)N1CCC(c2ccccc2)=N1)Nc1ccccc1N1CCCC1=O. The van der Waals surface area contributed by atoms with E-state index in [4.69, 9.17) is 0 Å². The zero-order valence-electron chi connectivity index (χ0n) is 16.7. The standard InChI is InChI=1S/C23H24N4O3/c28-21(24-19-9-4-5-10-20(19)26-15-6-11-22(26)29)12-13-23(30)27-16-14-18(25-27)17-7-2-1-3-8-17/h1-5,7-10H,6,11-16H2,(H,24,28). The summed E-state index contributed by atoms with van der Waals surface area (Å²) in [4.78, 5) is 38.7. The number of nitrogens with one attached hydrogen (secondary N) is 1. The first-order valence-corrected chi connectivity index (χ1v) is 10.2. The molecule has 1 saturated heterocycles. The second-order valence-corrected chi connectivity index (χ2v) is 7.39. The van der Waals surface area contributed by atoms with Gasteiger partial charge in [-0.05, 0) is 24.1 Å². The van der Waals surface area contributed by atoms with Gasteiger partial charge in [0.1, 0.15) is 0 Å². The van der Waals surface area contributed by atoms with Crippen LogP contribution in [0.15, 0.2) is 59.7 Å². The average Bonchev–Trinajstić information content (AvgIpc) is 3.43. The van der Waals surface area contributed by atoms with E-state index in [0.29, 0.717) is 37.3 Å². The molecular weight excluding hydrogens is 380 g/mol. The van der Waals surface area contributed by atoms with Gasteiger partial charge >= 0.3 is 0 Å². The maximum atomic E-state index is 12.5. The third-order valence-electron chi connectivity index (χ3n) is 5.31. The van der Waals surface area contributed by atoms with Crippen LogP contribution in [0.3, 0.4) is 0 Å². The molecular formula is C23H24N4O3. The monoisotopic (exact) mass is 404 g/mol. The van der Waals surface area contributed by atoms with E-state index < -0.39 is 0 Å². The third kappa shape index (κ3) is 4.40. The Morgan fingerprint density at radius 1 is 0.933 bits per heavy atom. The zero-order chi connectivity index (χ0) is 20.9. The molecule has 154 valence electrons. The van der Waals surface area contributed by atoms with E-state index in [9.17, 15) is 14.4 Å². The van der Waals surface area contributed by atoms with E-state index in [2.05, 4.69) is 10.4 Å². The molecule has 0 bridgehead atoms. The van der Waals surface area contributed by atoms with Crippen LogP contribution < -0.4 is 10.2 Å². The molecule has 0 radical (unpaired) electrons. The van der Waals surface area contributed by atoms with Crippen LogP contribution in [0.25, 0.3) is 0 Å². The Morgan fingerprint density at radius 2 is 1.70 bits per heavy atom. The molecule has 0 saturated carbocycles. The maximum Gasteiger partial charge on any atom is 0.243 e. The summed E-state index contributed by atoms with van der Waals surface area (Å²) in [6, 6.07) is 17.0. The second-order valence-electron chi connectivity index (χ2n) is 7.39. The number of hydrazone groups is 1. The van der Waals surface area contributed by atoms with E-state index in [1.165, 1.54) is 5.01 Å². The molecule has 2 aromatic carbocycles. The van der Waals surface area contributed by atoms with Crippen molar-refractivity contribution >= 4 is 34.8 Å². The van der Waals surface area contributed by atoms with Gasteiger partial charge in [-0.25, -0.2) is 5.01 Å². The molecule has 3 amide bonds. The highest BCUT2D eigenvalue weighted by atomic mass is 16.2. The molecule has 4 rings (SSSR count). The van der Waals surface area contributed by atoms with Crippen LogP contribution in [0, 0.1) is 0 Å². The minimum absolute atomic E-state index is 0.0630. The topological polar surface area (TPSA) is 82.1 Å². The lowest BCUT2D eigenvalue weighted by molar-refractivity contribution is -0.132. The molecule has 1 N–H and O–H groups in total. The summed E-state index contributed by atoms with van der Waals surface area (Å²) in [7, 11) is 0. The highest BCUT2D eigenvalue weighted by Gasteiger charge is 2.25. The molecule has 2 aliphatic heterocycles. The Bertz CT molecular complexity index is 987. The van der Waals surface area contributed by atoms with Crippen LogP contribution in [0.4, 0.5) is 11.4 Å². The van der Waals surface area contributed by atoms with Crippen molar-refractivity contribution in [3.05, 3.63) is 60.2 Å². The minimum Gasteiger partial charge on any atom is -0.324 e. The molecule has 2 heterocycles. The molecule has 1 fully saturated rings. The summed E-state index contributed by atoms with van der Waals surface area (Å²) in [5, 5.41) is 8.72. The number of benzene rings is 2. The highest BCUT2D eigenvalue weighted by Crippen LogP contribution is 2.29. The van der Waals surface area contributed by atoms with E-state index in [1.54, 1.807) is 11.0 Å². The van der Waals surface area contributed by atoms with Gasteiger partial charge in [0.05, 0.1) is 23.6 Å². The summed E-state index contributed by atoms with van der Waals surface area (Å²) < 4.78 is 0. The largest absolute Gasteiger partial charge is 0.324 e. The predicted octanol–water partition coefficient (Wildman–Crippen LogP) is 3.17. The lowest BCUT2D eigenvalue weighted by Crippen LogP contribution is -2.26. The number of carbonyl (C=O) groups is 3. The van der Waals surface area contributed by atoms with Crippen LogP contribution in [0.5, 0.6) is 0 Å². The molecule has 7 nitrogen and oxygen atoms in total. The van der Waals surface area contributed by atoms with Gasteiger partial charge in [0.15, 0.2) is 0 Å². The number of hydrogen-bond acceptors (Lipinski definition) is 4. The van der Waals surface area contributed by atoms with Gasteiger partial charge in [-0.2, -0.15) is 5.10 Å². The van der Waals surface area contributed by atoms with Crippen molar-refractivity contribution < 1.29 is 14.4 Å². The van der Waals surface area contributed by atoms with Crippen molar-refractivity contribution in [2.24, 2.45) is 5.10 Å². The van der Waals surface area contributed by atoms with Crippen molar-refractivity contribution in [3.8, 4) is 0 Å². The first-order chi connectivity index (χ1) is 14.6. The molecule has 0 aliphatic carbocycles. The van der Waals surface area contributed by atoms with Gasteiger partial charge in [0.2, 0.25) is 17.7 Å². The van der Waals surface area contributed by atoms with E-state index in [-0.39, 0.29) is 30.6 Å². The van der Waals surface area contributed by atoms with E-state index >= 15 is 0 Å². The van der Waals surface area contributed by atoms with Crippen molar-refractivity contribution in [2.75, 3.05) is 23.3 Å². The number of nitrogens with zero attached hydrogens (tertiary/aromatic N) is 3. The lowest BCUT2D eigenvalue weighted by atomic mass is 10.1. The Hall–Kier alpha value is -3.48. The smallest absolute Gasteiger partial charge is 0.243 e. The molecule has 2 aliphatic rings. The zero-order valence-corrected chi connectivity index (χ0v) is 16.7. The fourth-order valence-corrected chi connectivity index (χ4v) is 3.75. The summed E-state index contributed by atoms with van der Waals surface area (Å²) in [5.41, 5.74) is 3.20. The molecule has 7 heteroatoms. The number of hydrogen-bond donors (Lipinski definition) is 1. The van der Waals surface area contributed by atoms with Crippen molar-refractivity contribution in [1.82, 2.24) is 5.01 Å². The van der Waals surface area contributed by atoms with Gasteiger partial charge in [0, 0.05) is 32.2 Å². The fourth-order valence-electron chi connectivity index (χ4n) is 3.75. The van der Waals surface area contributed by atoms with E-state index in [1.807, 2.05) is 48.5 Å². The molecule has 0 unspecified atom stereocenters. The van der Waals surface area contributed by atoms with Gasteiger partial charge < -0.3 is 10.2 Å². The second kappa shape index (κ2) is 8.90. The van der Waals surface area contributed by atoms with Gasteiger partial charge in [-0.15, -0.1) is 0 Å². The highest BCUT2D eigenvalue weighted by molar-refractivity contribution is 6.04. The number of carbonyl (C=O) groups excluding carboxylic acids is 3. The summed E-state index contributed by atoms with van der Waals surface area (Å²) in [6.45, 7) is 1.19. The lowest BCUT2D eigenvalue weighted by Gasteiger charge is -2.20. The van der Waals surface area contributed by atoms with Crippen molar-refractivity contribution in [2.45, 2.75) is 32.1 Å². The average molecular weight is 404 g/mol. The number of amides is 3. The summed E-state index contributed by atoms with van der Waals surface area (Å²) in [5.74, 6) is -0.360. The Kier molecular flexibility index (Phi) is 5.88. The number of para-hydroxylation sites is 2. The van der Waals surface area contributed by atoms with Crippen LogP contribution in [-0.2, 0) is 14.4 Å². The first kappa shape index (κ1) is 19.8. The van der Waals surface area contributed by atoms with E-state index in [0.717, 1.165) is 17.7 Å². The van der Waals surface area contributed by atoms with Crippen LogP contribution in [-0.4, -0.2) is 41.5 Å². The summed E-state index contributed by atoms with van der Waals surface area (Å²) >= 11 is 0. The molecule has 2 aromatic rings. The normalized spacial score (nSPS) is 16.0. The summed E-state index contributed by atoms with van der Waals surface area (Å²) in [6.07, 6.45) is 2.20. The van der Waals surface area contributed by atoms with Crippen molar-refractivity contribution in [1.29, 1.82) is 0 Å². The maximum absolute atomic E-state index is 12.5. The molecule has 0 atom stereocenters. The van der Waals surface area contributed by atoms with Crippen LogP contribution in [0.2, 0.25) is 0 Å². The third-order valence-corrected chi connectivity index (χ3v) is 5.31. The molecule has 30 heavy (non-hydrogen) atoms. The number of anilines is 2. The quantitative estimate of drug-likeness (QED) is 0.803. The molecule has 0 aromatic heterocycles. The van der Waals surface area contributed by atoms with Crippen LogP contribution >= 0.6 is 0 Å². The van der Waals surface area contributed by atoms with Gasteiger partial charge in [0.25, 0.3) is 0 Å². The van der Waals surface area contributed by atoms with Crippen LogP contribution in [0.1, 0.15) is 37.7 Å². The number of rotatable bonds is 6. The minimum atomic E-state index is -0.256. The van der Waals surface area contributed by atoms with Crippen molar-refractivity contribution in [3.63, 3.8) is 0 Å². The predicted molar refractivity (Wildman–Crippen MR) is 115 cm³/mol. The van der Waals surface area contributed by atoms with Gasteiger partial charge in [-0.1, -0.05) is 42.5 Å². The Labute approximate surface area is 175 Å². The first-order valence-electron chi connectivity index (χ1n) is 10.2. The fraction of sp³-hybridized carbons (Fsp3) is 0.304. The Morgan fingerprint density at radius 3 is 2.47 bits per heavy atom. The Balaban J connectivity index is 1.33. The van der Waals surface area contributed by atoms with Gasteiger partial charge in [-0.3, -0.25) is 14.4 Å². The molecule has 0 spiro atoms.